The lowest BCUT2D eigenvalue weighted by atomic mass is 10.1. The molecule has 0 aliphatic carbocycles. The number of benzene rings is 1. The van der Waals surface area contributed by atoms with E-state index in [9.17, 15) is 0 Å². The Hall–Kier alpha value is -2.68. The van der Waals surface area contributed by atoms with Crippen LogP contribution >= 0.6 is 0 Å². The SMILES string of the molecule is CC(C)c1ccc(-n2c3ccccc3c3cccnc32)cn1. The van der Waals surface area contributed by atoms with Gasteiger partial charge in [-0.3, -0.25) is 9.55 Å². The second kappa shape index (κ2) is 4.95. The third kappa shape index (κ3) is 1.90. The summed E-state index contributed by atoms with van der Waals surface area (Å²) in [4.78, 5) is 9.19. The number of hydrogen-bond acceptors (Lipinski definition) is 2. The van der Waals surface area contributed by atoms with Gasteiger partial charge in [-0.2, -0.15) is 0 Å². The van der Waals surface area contributed by atoms with Crippen LogP contribution in [0.2, 0.25) is 0 Å². The van der Waals surface area contributed by atoms with Crippen LogP contribution in [-0.4, -0.2) is 14.5 Å². The van der Waals surface area contributed by atoms with E-state index in [2.05, 4.69) is 70.8 Å². The fraction of sp³-hybridized carbons (Fsp3) is 0.158. The highest BCUT2D eigenvalue weighted by atomic mass is 15.1. The van der Waals surface area contributed by atoms with E-state index in [1.165, 1.54) is 10.8 Å². The van der Waals surface area contributed by atoms with Crippen molar-refractivity contribution >= 4 is 21.9 Å². The van der Waals surface area contributed by atoms with Crippen LogP contribution in [0.3, 0.4) is 0 Å². The van der Waals surface area contributed by atoms with Gasteiger partial charge < -0.3 is 0 Å². The Kier molecular flexibility index (Phi) is 2.93. The average Bonchev–Trinajstić information content (AvgIpc) is 2.89. The summed E-state index contributed by atoms with van der Waals surface area (Å²) in [5.74, 6) is 0.435. The molecule has 0 saturated heterocycles. The molecule has 1 aromatic carbocycles. The van der Waals surface area contributed by atoms with Gasteiger partial charge in [0.1, 0.15) is 5.65 Å². The zero-order valence-electron chi connectivity index (χ0n) is 12.7. The largest absolute Gasteiger partial charge is 0.292 e. The summed E-state index contributed by atoms with van der Waals surface area (Å²) in [5, 5.41) is 2.39. The summed E-state index contributed by atoms with van der Waals surface area (Å²) in [5.41, 5.74) is 4.30. The van der Waals surface area contributed by atoms with E-state index in [4.69, 9.17) is 0 Å². The number of para-hydroxylation sites is 1. The number of fused-ring (bicyclic) bond motifs is 3. The minimum absolute atomic E-state index is 0.435. The quantitative estimate of drug-likeness (QED) is 0.535. The topological polar surface area (TPSA) is 30.7 Å². The lowest BCUT2D eigenvalue weighted by Crippen LogP contribution is -1.98. The summed E-state index contributed by atoms with van der Waals surface area (Å²) in [6.07, 6.45) is 3.78. The molecule has 0 spiro atoms. The first kappa shape index (κ1) is 13.0. The predicted molar refractivity (Wildman–Crippen MR) is 90.5 cm³/mol. The molecular formula is C19H17N3. The predicted octanol–water partition coefficient (Wildman–Crippen LogP) is 4.70. The van der Waals surface area contributed by atoms with Gasteiger partial charge in [0.25, 0.3) is 0 Å². The molecule has 0 atom stereocenters. The van der Waals surface area contributed by atoms with Crippen molar-refractivity contribution in [3.8, 4) is 5.69 Å². The van der Waals surface area contributed by atoms with Gasteiger partial charge in [-0.1, -0.05) is 32.0 Å². The van der Waals surface area contributed by atoms with Crippen molar-refractivity contribution in [3.05, 3.63) is 66.6 Å². The lowest BCUT2D eigenvalue weighted by molar-refractivity contribution is 0.820. The second-order valence-corrected chi connectivity index (χ2v) is 5.82. The standard InChI is InChI=1S/C19H17N3/c1-13(2)17-10-9-14(12-21-17)22-18-8-4-3-6-15(18)16-7-5-11-20-19(16)22/h3-13H,1-2H3. The van der Waals surface area contributed by atoms with Crippen molar-refractivity contribution in [2.45, 2.75) is 19.8 Å². The fourth-order valence-electron chi connectivity index (χ4n) is 2.93. The number of rotatable bonds is 2. The van der Waals surface area contributed by atoms with Gasteiger partial charge in [0.2, 0.25) is 0 Å². The summed E-state index contributed by atoms with van der Waals surface area (Å²) in [7, 11) is 0. The fourth-order valence-corrected chi connectivity index (χ4v) is 2.93. The highest BCUT2D eigenvalue weighted by Crippen LogP contribution is 2.30. The number of hydrogen-bond donors (Lipinski definition) is 0. The van der Waals surface area contributed by atoms with Crippen LogP contribution in [-0.2, 0) is 0 Å². The smallest absolute Gasteiger partial charge is 0.145 e. The molecule has 0 radical (unpaired) electrons. The zero-order chi connectivity index (χ0) is 15.1. The van der Waals surface area contributed by atoms with Crippen LogP contribution in [0.15, 0.2) is 60.9 Å². The first-order chi connectivity index (χ1) is 10.8. The van der Waals surface area contributed by atoms with Crippen molar-refractivity contribution in [2.24, 2.45) is 0 Å². The Balaban J connectivity index is 2.04. The minimum Gasteiger partial charge on any atom is -0.292 e. The van der Waals surface area contributed by atoms with Gasteiger partial charge in [0.05, 0.1) is 17.4 Å². The molecule has 3 heteroatoms. The molecule has 0 N–H and O–H groups in total. The second-order valence-electron chi connectivity index (χ2n) is 5.82. The van der Waals surface area contributed by atoms with Crippen LogP contribution in [0, 0.1) is 0 Å². The van der Waals surface area contributed by atoms with Crippen molar-refractivity contribution in [2.75, 3.05) is 0 Å². The van der Waals surface area contributed by atoms with E-state index in [0.717, 1.165) is 22.5 Å². The molecule has 0 bridgehead atoms. The van der Waals surface area contributed by atoms with Crippen LogP contribution < -0.4 is 0 Å². The van der Waals surface area contributed by atoms with Crippen molar-refractivity contribution < 1.29 is 0 Å². The normalized spacial score (nSPS) is 11.6. The summed E-state index contributed by atoms with van der Waals surface area (Å²) >= 11 is 0. The molecule has 108 valence electrons. The molecule has 0 aliphatic heterocycles. The van der Waals surface area contributed by atoms with Gasteiger partial charge in [-0.15, -0.1) is 0 Å². The summed E-state index contributed by atoms with van der Waals surface area (Å²) in [6.45, 7) is 4.31. The highest BCUT2D eigenvalue weighted by Gasteiger charge is 2.12. The van der Waals surface area contributed by atoms with Crippen LogP contribution in [0.4, 0.5) is 0 Å². The Morgan fingerprint density at radius 1 is 0.864 bits per heavy atom. The lowest BCUT2D eigenvalue weighted by Gasteiger charge is -2.09. The van der Waals surface area contributed by atoms with Gasteiger partial charge >= 0.3 is 0 Å². The molecule has 22 heavy (non-hydrogen) atoms. The molecule has 0 unspecified atom stereocenters. The van der Waals surface area contributed by atoms with Crippen molar-refractivity contribution in [1.29, 1.82) is 0 Å². The van der Waals surface area contributed by atoms with Crippen LogP contribution in [0.1, 0.15) is 25.5 Å². The monoisotopic (exact) mass is 287 g/mol. The Morgan fingerprint density at radius 2 is 1.68 bits per heavy atom. The molecule has 0 amide bonds. The molecule has 0 fully saturated rings. The first-order valence-electron chi connectivity index (χ1n) is 7.56. The van der Waals surface area contributed by atoms with Gasteiger partial charge in [-0.25, -0.2) is 4.98 Å². The van der Waals surface area contributed by atoms with E-state index >= 15 is 0 Å². The number of aromatic nitrogens is 3. The van der Waals surface area contributed by atoms with E-state index in [1.807, 2.05) is 18.5 Å². The summed E-state index contributed by atoms with van der Waals surface area (Å²) in [6, 6.07) is 16.7. The number of nitrogens with zero attached hydrogens (tertiary/aromatic N) is 3. The molecule has 3 nitrogen and oxygen atoms in total. The Labute approximate surface area is 129 Å². The van der Waals surface area contributed by atoms with Gasteiger partial charge in [0.15, 0.2) is 0 Å². The molecule has 0 saturated carbocycles. The van der Waals surface area contributed by atoms with E-state index in [1.54, 1.807) is 0 Å². The maximum absolute atomic E-state index is 4.60. The summed E-state index contributed by atoms with van der Waals surface area (Å²) < 4.78 is 2.18. The zero-order valence-corrected chi connectivity index (χ0v) is 12.7. The molecule has 4 aromatic rings. The first-order valence-corrected chi connectivity index (χ1v) is 7.56. The Bertz CT molecular complexity index is 896. The van der Waals surface area contributed by atoms with Gasteiger partial charge in [-0.05, 0) is 36.2 Å². The highest BCUT2D eigenvalue weighted by molar-refractivity contribution is 6.07. The third-order valence-electron chi connectivity index (χ3n) is 4.05. The van der Waals surface area contributed by atoms with Crippen LogP contribution in [0.5, 0.6) is 0 Å². The molecule has 4 rings (SSSR count). The van der Waals surface area contributed by atoms with E-state index in [-0.39, 0.29) is 0 Å². The van der Waals surface area contributed by atoms with Crippen LogP contribution in [0.25, 0.3) is 27.6 Å². The Morgan fingerprint density at radius 3 is 2.45 bits per heavy atom. The molecule has 3 aromatic heterocycles. The molecule has 0 aliphatic rings. The third-order valence-corrected chi connectivity index (χ3v) is 4.05. The van der Waals surface area contributed by atoms with E-state index in [0.29, 0.717) is 5.92 Å². The molecular weight excluding hydrogens is 270 g/mol. The van der Waals surface area contributed by atoms with Gasteiger partial charge in [0, 0.05) is 22.7 Å². The average molecular weight is 287 g/mol. The minimum atomic E-state index is 0.435. The van der Waals surface area contributed by atoms with Crippen molar-refractivity contribution in [3.63, 3.8) is 0 Å². The molecule has 3 heterocycles. The maximum Gasteiger partial charge on any atom is 0.145 e. The van der Waals surface area contributed by atoms with Crippen molar-refractivity contribution in [1.82, 2.24) is 14.5 Å². The van der Waals surface area contributed by atoms with E-state index < -0.39 is 0 Å². The number of pyridine rings is 2. The maximum atomic E-state index is 4.60.